The van der Waals surface area contributed by atoms with Crippen molar-refractivity contribution in [1.29, 1.82) is 0 Å². The third-order valence-electron chi connectivity index (χ3n) is 2.23. The van der Waals surface area contributed by atoms with Gasteiger partial charge in [-0.05, 0) is 24.3 Å². The zero-order valence-electron chi connectivity index (χ0n) is 8.83. The number of halogens is 1. The van der Waals surface area contributed by atoms with Gasteiger partial charge in [-0.3, -0.25) is 4.79 Å². The minimum Gasteiger partial charge on any atom is -0.353 e. The van der Waals surface area contributed by atoms with E-state index in [0.29, 0.717) is 12.3 Å². The van der Waals surface area contributed by atoms with Crippen molar-refractivity contribution in [3.05, 3.63) is 22.4 Å². The number of carbonyl (C=O) groups excluding carboxylic acids is 1. The number of alkyl halides is 1. The molecule has 2 nitrogen and oxygen atoms in total. The van der Waals surface area contributed by atoms with Crippen LogP contribution in [0.4, 0.5) is 0 Å². The number of hydrogen-bond acceptors (Lipinski definition) is 2. The van der Waals surface area contributed by atoms with Gasteiger partial charge in [0.05, 0.1) is 6.42 Å². The third-order valence-corrected chi connectivity index (χ3v) is 3.32. The molecule has 1 aromatic heterocycles. The van der Waals surface area contributed by atoms with E-state index < -0.39 is 0 Å². The van der Waals surface area contributed by atoms with Crippen LogP contribution in [-0.4, -0.2) is 17.8 Å². The predicted octanol–water partition coefficient (Wildman–Crippen LogP) is 2.81. The molecule has 84 valence electrons. The van der Waals surface area contributed by atoms with Crippen LogP contribution >= 0.6 is 22.9 Å². The third kappa shape index (κ3) is 4.67. The lowest BCUT2D eigenvalue weighted by atomic mass is 10.1. The van der Waals surface area contributed by atoms with Crippen molar-refractivity contribution >= 4 is 28.8 Å². The number of hydrogen-bond donors (Lipinski definition) is 1. The molecule has 0 aliphatic carbocycles. The molecule has 0 saturated carbocycles. The van der Waals surface area contributed by atoms with Crippen LogP contribution in [0.3, 0.4) is 0 Å². The molecule has 1 N–H and O–H groups in total. The highest BCUT2D eigenvalue weighted by atomic mass is 35.5. The second-order valence-electron chi connectivity index (χ2n) is 3.41. The quantitative estimate of drug-likeness (QED) is 0.768. The van der Waals surface area contributed by atoms with Crippen LogP contribution in [0.15, 0.2) is 17.5 Å². The summed E-state index contributed by atoms with van der Waals surface area (Å²) < 4.78 is 0. The molecule has 1 heterocycles. The van der Waals surface area contributed by atoms with Gasteiger partial charge in [-0.2, -0.15) is 0 Å². The van der Waals surface area contributed by atoms with Gasteiger partial charge in [0.25, 0.3) is 0 Å². The molecule has 1 atom stereocenters. The molecule has 15 heavy (non-hydrogen) atoms. The maximum atomic E-state index is 11.6. The largest absolute Gasteiger partial charge is 0.353 e. The fraction of sp³-hybridized carbons (Fsp3) is 0.545. The lowest BCUT2D eigenvalue weighted by molar-refractivity contribution is -0.121. The summed E-state index contributed by atoms with van der Waals surface area (Å²) in [5.74, 6) is 0.687. The standard InChI is InChI=1S/C11H16ClNOS/c1-2-9(5-6-12)13-11(14)8-10-4-3-7-15-10/h3-4,7,9H,2,5-6,8H2,1H3,(H,13,14). The van der Waals surface area contributed by atoms with Gasteiger partial charge in [0.1, 0.15) is 0 Å². The van der Waals surface area contributed by atoms with E-state index in [1.54, 1.807) is 11.3 Å². The second-order valence-corrected chi connectivity index (χ2v) is 4.82. The van der Waals surface area contributed by atoms with E-state index in [9.17, 15) is 4.79 Å². The Morgan fingerprint density at radius 3 is 3.00 bits per heavy atom. The Kier molecular flexibility index (Phi) is 5.73. The summed E-state index contributed by atoms with van der Waals surface area (Å²) >= 11 is 7.26. The van der Waals surface area contributed by atoms with Crippen molar-refractivity contribution in [2.45, 2.75) is 32.2 Å². The van der Waals surface area contributed by atoms with Crippen molar-refractivity contribution in [2.75, 3.05) is 5.88 Å². The summed E-state index contributed by atoms with van der Waals surface area (Å²) in [6, 6.07) is 4.16. The number of nitrogens with one attached hydrogen (secondary N) is 1. The number of amides is 1. The van der Waals surface area contributed by atoms with Gasteiger partial charge in [0, 0.05) is 16.8 Å². The normalized spacial score (nSPS) is 12.4. The van der Waals surface area contributed by atoms with Crippen molar-refractivity contribution < 1.29 is 4.79 Å². The maximum Gasteiger partial charge on any atom is 0.225 e. The van der Waals surface area contributed by atoms with Gasteiger partial charge < -0.3 is 5.32 Å². The van der Waals surface area contributed by atoms with E-state index in [1.165, 1.54) is 0 Å². The van der Waals surface area contributed by atoms with Crippen molar-refractivity contribution in [3.63, 3.8) is 0 Å². The first-order valence-electron chi connectivity index (χ1n) is 5.14. The topological polar surface area (TPSA) is 29.1 Å². The van der Waals surface area contributed by atoms with Crippen LogP contribution < -0.4 is 5.32 Å². The molecule has 0 saturated heterocycles. The maximum absolute atomic E-state index is 11.6. The van der Waals surface area contributed by atoms with Gasteiger partial charge in [0.15, 0.2) is 0 Å². The number of rotatable bonds is 6. The molecule has 0 bridgehead atoms. The molecule has 1 rings (SSSR count). The number of thiophene rings is 1. The molecule has 0 radical (unpaired) electrons. The molecule has 1 amide bonds. The highest BCUT2D eigenvalue weighted by molar-refractivity contribution is 7.10. The van der Waals surface area contributed by atoms with E-state index in [-0.39, 0.29) is 11.9 Å². The molecular weight excluding hydrogens is 230 g/mol. The summed E-state index contributed by atoms with van der Waals surface area (Å²) in [6.07, 6.45) is 2.26. The van der Waals surface area contributed by atoms with E-state index >= 15 is 0 Å². The SMILES string of the molecule is CCC(CCCl)NC(=O)Cc1cccs1. The first-order valence-corrected chi connectivity index (χ1v) is 6.55. The van der Waals surface area contributed by atoms with Crippen molar-refractivity contribution in [2.24, 2.45) is 0 Å². The summed E-state index contributed by atoms with van der Waals surface area (Å²) in [5.41, 5.74) is 0. The molecule has 0 aliphatic heterocycles. The van der Waals surface area contributed by atoms with Gasteiger partial charge >= 0.3 is 0 Å². The minimum atomic E-state index is 0.0921. The smallest absolute Gasteiger partial charge is 0.225 e. The lowest BCUT2D eigenvalue weighted by Crippen LogP contribution is -2.35. The van der Waals surface area contributed by atoms with Gasteiger partial charge in [-0.25, -0.2) is 0 Å². The van der Waals surface area contributed by atoms with Crippen LogP contribution in [-0.2, 0) is 11.2 Å². The molecule has 1 aromatic rings. The molecule has 0 aromatic carbocycles. The Morgan fingerprint density at radius 1 is 1.67 bits per heavy atom. The molecule has 0 fully saturated rings. The molecule has 0 aliphatic rings. The molecule has 4 heteroatoms. The minimum absolute atomic E-state index is 0.0921. The Bertz CT molecular complexity index is 287. The Labute approximate surface area is 99.6 Å². The first-order chi connectivity index (χ1) is 7.26. The second kappa shape index (κ2) is 6.85. The van der Waals surface area contributed by atoms with Crippen LogP contribution in [0.2, 0.25) is 0 Å². The molecular formula is C11H16ClNOS. The summed E-state index contributed by atoms with van der Waals surface area (Å²) in [7, 11) is 0. The summed E-state index contributed by atoms with van der Waals surface area (Å²) in [4.78, 5) is 12.7. The van der Waals surface area contributed by atoms with E-state index in [1.807, 2.05) is 17.5 Å². The van der Waals surface area contributed by atoms with Crippen LogP contribution in [0.1, 0.15) is 24.6 Å². The highest BCUT2D eigenvalue weighted by Crippen LogP contribution is 2.09. The monoisotopic (exact) mass is 245 g/mol. The van der Waals surface area contributed by atoms with Crippen molar-refractivity contribution in [1.82, 2.24) is 5.32 Å². The van der Waals surface area contributed by atoms with Crippen LogP contribution in [0, 0.1) is 0 Å². The van der Waals surface area contributed by atoms with E-state index in [0.717, 1.165) is 17.7 Å². The Morgan fingerprint density at radius 2 is 2.47 bits per heavy atom. The van der Waals surface area contributed by atoms with Gasteiger partial charge in [-0.1, -0.05) is 13.0 Å². The van der Waals surface area contributed by atoms with E-state index in [4.69, 9.17) is 11.6 Å². The zero-order chi connectivity index (χ0) is 11.1. The van der Waals surface area contributed by atoms with E-state index in [2.05, 4.69) is 12.2 Å². The first kappa shape index (κ1) is 12.5. The lowest BCUT2D eigenvalue weighted by Gasteiger charge is -2.15. The van der Waals surface area contributed by atoms with Crippen LogP contribution in [0.5, 0.6) is 0 Å². The fourth-order valence-corrected chi connectivity index (χ4v) is 2.33. The summed E-state index contributed by atoms with van der Waals surface area (Å²) in [6.45, 7) is 2.06. The van der Waals surface area contributed by atoms with Gasteiger partial charge in [0.2, 0.25) is 5.91 Å². The van der Waals surface area contributed by atoms with Crippen LogP contribution in [0.25, 0.3) is 0 Å². The average Bonchev–Trinajstić information content (AvgIpc) is 2.69. The molecule has 1 unspecified atom stereocenters. The fourth-order valence-electron chi connectivity index (χ4n) is 1.36. The Balaban J connectivity index is 2.34. The van der Waals surface area contributed by atoms with Gasteiger partial charge in [-0.15, -0.1) is 22.9 Å². The Hall–Kier alpha value is -0.540. The number of carbonyl (C=O) groups is 1. The zero-order valence-corrected chi connectivity index (χ0v) is 10.4. The molecule has 0 spiro atoms. The average molecular weight is 246 g/mol. The summed E-state index contributed by atoms with van der Waals surface area (Å²) in [5, 5.41) is 4.97. The highest BCUT2D eigenvalue weighted by Gasteiger charge is 2.10. The predicted molar refractivity (Wildman–Crippen MR) is 65.6 cm³/mol. The van der Waals surface area contributed by atoms with Crippen molar-refractivity contribution in [3.8, 4) is 0 Å².